The Morgan fingerprint density at radius 2 is 2.20 bits per heavy atom. The van der Waals surface area contributed by atoms with Crippen molar-refractivity contribution in [2.24, 2.45) is 17.8 Å². The van der Waals surface area contributed by atoms with Crippen LogP contribution in [-0.4, -0.2) is 16.1 Å². The molecule has 2 fully saturated rings. The Morgan fingerprint density at radius 3 is 2.75 bits per heavy atom. The molecule has 1 heterocycles. The van der Waals surface area contributed by atoms with Gasteiger partial charge < -0.3 is 5.32 Å². The third-order valence-corrected chi connectivity index (χ3v) is 4.99. The zero-order chi connectivity index (χ0) is 14.3. The van der Waals surface area contributed by atoms with E-state index in [0.717, 1.165) is 17.5 Å². The second-order valence-electron chi connectivity index (χ2n) is 7.60. The Hall–Kier alpha value is -1.32. The van der Waals surface area contributed by atoms with Crippen LogP contribution in [0.4, 0.5) is 5.82 Å². The molecule has 2 N–H and O–H groups in total. The summed E-state index contributed by atoms with van der Waals surface area (Å²) < 4.78 is 0. The van der Waals surface area contributed by atoms with Crippen LogP contribution in [0.1, 0.15) is 58.6 Å². The molecule has 3 rings (SSSR count). The van der Waals surface area contributed by atoms with Crippen LogP contribution < -0.4 is 5.32 Å². The van der Waals surface area contributed by atoms with Gasteiger partial charge in [0.25, 0.3) is 0 Å². The largest absolute Gasteiger partial charge is 0.309 e. The highest BCUT2D eigenvalue weighted by Crippen LogP contribution is 2.49. The van der Waals surface area contributed by atoms with Crippen molar-refractivity contribution in [3.05, 3.63) is 11.8 Å². The van der Waals surface area contributed by atoms with Gasteiger partial charge in [-0.3, -0.25) is 9.89 Å². The molecule has 2 saturated carbocycles. The molecule has 2 aliphatic carbocycles. The van der Waals surface area contributed by atoms with Gasteiger partial charge in [0.05, 0.1) is 0 Å². The summed E-state index contributed by atoms with van der Waals surface area (Å²) in [6.07, 6.45) is 6.00. The summed E-state index contributed by atoms with van der Waals surface area (Å²) in [5, 5.41) is 10.1. The SMILES string of the molecule is CC(C)(C)c1cc(NC(=O)CC2CC3CCC2C3)n[nH]1. The standard InChI is InChI=1S/C16H25N3O/c1-16(2,3)13-9-14(19-18-13)17-15(20)8-12-7-10-4-5-11(12)6-10/h9-12H,4-8H2,1-3H3,(H2,17,18,19,20). The zero-order valence-electron chi connectivity index (χ0n) is 12.7. The fourth-order valence-electron chi connectivity index (χ4n) is 3.83. The monoisotopic (exact) mass is 275 g/mol. The second-order valence-corrected chi connectivity index (χ2v) is 7.60. The number of hydrogen-bond donors (Lipinski definition) is 2. The van der Waals surface area contributed by atoms with Gasteiger partial charge in [0, 0.05) is 23.6 Å². The Bertz CT molecular complexity index is 500. The van der Waals surface area contributed by atoms with Gasteiger partial charge in [0.15, 0.2) is 5.82 Å². The molecule has 3 unspecified atom stereocenters. The highest BCUT2D eigenvalue weighted by Gasteiger charge is 2.40. The molecule has 2 aliphatic rings. The molecule has 1 amide bonds. The number of H-pyrrole nitrogens is 1. The Morgan fingerprint density at radius 1 is 1.40 bits per heavy atom. The van der Waals surface area contributed by atoms with E-state index in [4.69, 9.17) is 0 Å². The molecule has 1 aromatic rings. The van der Waals surface area contributed by atoms with Crippen LogP contribution in [0.2, 0.25) is 0 Å². The average molecular weight is 275 g/mol. The fraction of sp³-hybridized carbons (Fsp3) is 0.750. The van der Waals surface area contributed by atoms with Crippen LogP contribution in [0.25, 0.3) is 0 Å². The Balaban J connectivity index is 1.55. The van der Waals surface area contributed by atoms with Gasteiger partial charge in [-0.2, -0.15) is 5.10 Å². The molecule has 2 bridgehead atoms. The van der Waals surface area contributed by atoms with Gasteiger partial charge in [0.2, 0.25) is 5.91 Å². The Kier molecular flexibility index (Phi) is 3.35. The number of aromatic nitrogens is 2. The molecule has 0 aliphatic heterocycles. The van der Waals surface area contributed by atoms with Gasteiger partial charge in [-0.05, 0) is 37.0 Å². The number of fused-ring (bicyclic) bond motifs is 2. The van der Waals surface area contributed by atoms with Gasteiger partial charge >= 0.3 is 0 Å². The molecule has 0 aromatic carbocycles. The van der Waals surface area contributed by atoms with E-state index in [-0.39, 0.29) is 11.3 Å². The van der Waals surface area contributed by atoms with Crippen LogP contribution in [0.3, 0.4) is 0 Å². The number of anilines is 1. The first-order chi connectivity index (χ1) is 9.41. The summed E-state index contributed by atoms with van der Waals surface area (Å²) in [5.41, 5.74) is 1.08. The number of nitrogens with one attached hydrogen (secondary N) is 2. The number of nitrogens with zero attached hydrogens (tertiary/aromatic N) is 1. The van der Waals surface area contributed by atoms with E-state index in [9.17, 15) is 4.79 Å². The maximum absolute atomic E-state index is 12.1. The van der Waals surface area contributed by atoms with E-state index in [0.29, 0.717) is 18.2 Å². The first-order valence-electron chi connectivity index (χ1n) is 7.77. The van der Waals surface area contributed by atoms with Crippen LogP contribution in [0, 0.1) is 17.8 Å². The summed E-state index contributed by atoms with van der Waals surface area (Å²) in [6, 6.07) is 1.94. The van der Waals surface area contributed by atoms with Crippen molar-refractivity contribution in [3.8, 4) is 0 Å². The van der Waals surface area contributed by atoms with Crippen LogP contribution in [-0.2, 0) is 10.2 Å². The number of hydrogen-bond acceptors (Lipinski definition) is 2. The first-order valence-corrected chi connectivity index (χ1v) is 7.77. The van der Waals surface area contributed by atoms with E-state index in [1.165, 1.54) is 25.7 Å². The maximum atomic E-state index is 12.1. The number of aromatic amines is 1. The van der Waals surface area contributed by atoms with Crippen molar-refractivity contribution in [1.82, 2.24) is 10.2 Å². The van der Waals surface area contributed by atoms with Gasteiger partial charge in [-0.25, -0.2) is 0 Å². The predicted molar refractivity (Wildman–Crippen MR) is 79.5 cm³/mol. The van der Waals surface area contributed by atoms with Crippen molar-refractivity contribution in [2.45, 2.75) is 58.3 Å². The molecule has 0 radical (unpaired) electrons. The highest BCUT2D eigenvalue weighted by atomic mass is 16.1. The molecular weight excluding hydrogens is 250 g/mol. The highest BCUT2D eigenvalue weighted by molar-refractivity contribution is 5.90. The third kappa shape index (κ3) is 2.74. The van der Waals surface area contributed by atoms with Crippen molar-refractivity contribution in [2.75, 3.05) is 5.32 Å². The lowest BCUT2D eigenvalue weighted by atomic mass is 9.86. The Labute approximate surface area is 120 Å². The maximum Gasteiger partial charge on any atom is 0.225 e. The molecule has 4 heteroatoms. The van der Waals surface area contributed by atoms with Crippen LogP contribution in [0.5, 0.6) is 0 Å². The number of carbonyl (C=O) groups excluding carboxylic acids is 1. The minimum Gasteiger partial charge on any atom is -0.309 e. The molecule has 20 heavy (non-hydrogen) atoms. The van der Waals surface area contributed by atoms with Gasteiger partial charge in [-0.1, -0.05) is 27.2 Å². The number of carbonyl (C=O) groups is 1. The zero-order valence-corrected chi connectivity index (χ0v) is 12.7. The van der Waals surface area contributed by atoms with Crippen LogP contribution >= 0.6 is 0 Å². The first kappa shape index (κ1) is 13.7. The lowest BCUT2D eigenvalue weighted by molar-refractivity contribution is -0.117. The molecule has 0 saturated heterocycles. The average Bonchev–Trinajstić information content (AvgIpc) is 3.02. The summed E-state index contributed by atoms with van der Waals surface area (Å²) >= 11 is 0. The molecule has 4 nitrogen and oxygen atoms in total. The van der Waals surface area contributed by atoms with Crippen molar-refractivity contribution < 1.29 is 4.79 Å². The minimum atomic E-state index is 0.0284. The van der Waals surface area contributed by atoms with E-state index in [1.807, 2.05) is 6.07 Å². The smallest absolute Gasteiger partial charge is 0.225 e. The fourth-order valence-corrected chi connectivity index (χ4v) is 3.83. The van der Waals surface area contributed by atoms with Gasteiger partial charge in [0.1, 0.15) is 0 Å². The molecular formula is C16H25N3O. The van der Waals surface area contributed by atoms with E-state index in [2.05, 4.69) is 36.3 Å². The summed E-state index contributed by atoms with van der Waals surface area (Å²) in [4.78, 5) is 12.1. The predicted octanol–water partition coefficient (Wildman–Crippen LogP) is 3.47. The van der Waals surface area contributed by atoms with E-state index in [1.54, 1.807) is 0 Å². The normalized spacial score (nSPS) is 28.9. The molecule has 110 valence electrons. The molecule has 3 atom stereocenters. The van der Waals surface area contributed by atoms with Crippen molar-refractivity contribution in [3.63, 3.8) is 0 Å². The third-order valence-electron chi connectivity index (χ3n) is 4.99. The van der Waals surface area contributed by atoms with Crippen LogP contribution in [0.15, 0.2) is 6.07 Å². The number of amides is 1. The quantitative estimate of drug-likeness (QED) is 0.887. The lowest BCUT2D eigenvalue weighted by Gasteiger charge is -2.20. The lowest BCUT2D eigenvalue weighted by Crippen LogP contribution is -2.20. The second kappa shape index (κ2) is 4.90. The van der Waals surface area contributed by atoms with E-state index < -0.39 is 0 Å². The van der Waals surface area contributed by atoms with Gasteiger partial charge in [-0.15, -0.1) is 0 Å². The molecule has 0 spiro atoms. The number of rotatable bonds is 3. The van der Waals surface area contributed by atoms with Crippen molar-refractivity contribution >= 4 is 11.7 Å². The van der Waals surface area contributed by atoms with E-state index >= 15 is 0 Å². The summed E-state index contributed by atoms with van der Waals surface area (Å²) in [7, 11) is 0. The minimum absolute atomic E-state index is 0.0284. The summed E-state index contributed by atoms with van der Waals surface area (Å²) in [5.74, 6) is 3.08. The topological polar surface area (TPSA) is 57.8 Å². The molecule has 1 aromatic heterocycles. The van der Waals surface area contributed by atoms with Crippen molar-refractivity contribution in [1.29, 1.82) is 0 Å². The summed E-state index contributed by atoms with van der Waals surface area (Å²) in [6.45, 7) is 6.38.